The van der Waals surface area contributed by atoms with E-state index in [1.165, 1.54) is 23.8 Å². The number of methoxy groups -OCH3 is 1. The summed E-state index contributed by atoms with van der Waals surface area (Å²) >= 11 is 0. The van der Waals surface area contributed by atoms with Crippen molar-refractivity contribution in [3.8, 4) is 16.9 Å². The molecule has 1 saturated carbocycles. The fourth-order valence-corrected chi connectivity index (χ4v) is 4.03. The van der Waals surface area contributed by atoms with Gasteiger partial charge in [0.05, 0.1) is 12.7 Å². The predicted molar refractivity (Wildman–Crippen MR) is 132 cm³/mol. The largest absolute Gasteiger partial charge is 0.497 e. The van der Waals surface area contributed by atoms with Crippen LogP contribution < -0.4 is 15.4 Å². The van der Waals surface area contributed by atoms with Crippen molar-refractivity contribution in [3.05, 3.63) is 78.1 Å². The van der Waals surface area contributed by atoms with Crippen molar-refractivity contribution >= 4 is 22.6 Å². The third kappa shape index (κ3) is 4.85. The lowest BCUT2D eigenvalue weighted by Crippen LogP contribution is -2.27. The number of H-pyrrole nitrogens is 1. The fraction of sp³-hybridized carbons (Fsp3) is 0.259. The van der Waals surface area contributed by atoms with Crippen molar-refractivity contribution in [2.75, 3.05) is 25.5 Å². The van der Waals surface area contributed by atoms with E-state index in [0.717, 1.165) is 35.4 Å². The normalized spacial score (nSPS) is 13.1. The van der Waals surface area contributed by atoms with Crippen molar-refractivity contribution < 1.29 is 9.53 Å². The standard InChI is InChI=1S/C27H28N4O2/c1-33-22-10-8-19(9-11-22)21-14-24(26(31-17-21)30-15-18-6-7-18)27(32)28-13-12-20-16-29-25-5-3-2-4-23(20)25/h2-5,8-11,14,16-18,29H,6-7,12-13,15H2,1H3,(H,28,32)(H,30,31). The Labute approximate surface area is 193 Å². The highest BCUT2D eigenvalue weighted by Crippen LogP contribution is 2.30. The van der Waals surface area contributed by atoms with Crippen LogP contribution in [0, 0.1) is 5.92 Å². The lowest BCUT2D eigenvalue weighted by Gasteiger charge is -2.13. The Bertz CT molecular complexity index is 1260. The minimum Gasteiger partial charge on any atom is -0.497 e. The number of benzene rings is 2. The number of fused-ring (bicyclic) bond motifs is 1. The SMILES string of the molecule is COc1ccc(-c2cnc(NCC3CC3)c(C(=O)NCCc3c[nH]c4ccccc34)c2)cc1. The van der Waals surface area contributed by atoms with Crippen molar-refractivity contribution in [1.82, 2.24) is 15.3 Å². The molecule has 2 heterocycles. The van der Waals surface area contributed by atoms with Gasteiger partial charge < -0.3 is 20.4 Å². The number of amides is 1. The molecule has 0 atom stereocenters. The number of ether oxygens (including phenoxy) is 1. The van der Waals surface area contributed by atoms with Gasteiger partial charge in [0.25, 0.3) is 5.91 Å². The third-order valence-electron chi connectivity index (χ3n) is 6.17. The number of hydrogen-bond acceptors (Lipinski definition) is 4. The number of pyridine rings is 1. The molecule has 0 bridgehead atoms. The van der Waals surface area contributed by atoms with Gasteiger partial charge in [0, 0.05) is 41.9 Å². The molecule has 2 aromatic heterocycles. The Kier molecular flexibility index (Phi) is 5.98. The molecule has 5 rings (SSSR count). The molecule has 4 aromatic rings. The smallest absolute Gasteiger partial charge is 0.255 e. The van der Waals surface area contributed by atoms with E-state index >= 15 is 0 Å². The number of para-hydroxylation sites is 1. The molecule has 1 aliphatic carbocycles. The first-order chi connectivity index (χ1) is 16.2. The molecule has 1 aliphatic rings. The van der Waals surface area contributed by atoms with E-state index in [-0.39, 0.29) is 5.91 Å². The topological polar surface area (TPSA) is 79.0 Å². The Morgan fingerprint density at radius 3 is 2.73 bits per heavy atom. The van der Waals surface area contributed by atoms with Crippen LogP contribution >= 0.6 is 0 Å². The van der Waals surface area contributed by atoms with Crippen molar-refractivity contribution in [1.29, 1.82) is 0 Å². The van der Waals surface area contributed by atoms with Gasteiger partial charge in [-0.1, -0.05) is 30.3 Å². The number of hydrogen-bond donors (Lipinski definition) is 3. The van der Waals surface area contributed by atoms with Crippen molar-refractivity contribution in [2.45, 2.75) is 19.3 Å². The van der Waals surface area contributed by atoms with Gasteiger partial charge >= 0.3 is 0 Å². The molecule has 0 radical (unpaired) electrons. The maximum Gasteiger partial charge on any atom is 0.255 e. The van der Waals surface area contributed by atoms with Crippen LogP contribution in [0.1, 0.15) is 28.8 Å². The molecule has 0 saturated heterocycles. The third-order valence-corrected chi connectivity index (χ3v) is 6.17. The quantitative estimate of drug-likeness (QED) is 0.341. The molecular formula is C27H28N4O2. The van der Waals surface area contributed by atoms with Gasteiger partial charge in [-0.05, 0) is 60.6 Å². The van der Waals surface area contributed by atoms with Crippen LogP contribution in [0.15, 0.2) is 67.0 Å². The summed E-state index contributed by atoms with van der Waals surface area (Å²) in [6.45, 7) is 1.40. The van der Waals surface area contributed by atoms with Gasteiger partial charge in [-0.25, -0.2) is 4.98 Å². The number of nitrogens with zero attached hydrogens (tertiary/aromatic N) is 1. The van der Waals surface area contributed by atoms with E-state index in [1.54, 1.807) is 7.11 Å². The molecule has 0 spiro atoms. The van der Waals surface area contributed by atoms with Crippen molar-refractivity contribution in [3.63, 3.8) is 0 Å². The molecule has 33 heavy (non-hydrogen) atoms. The van der Waals surface area contributed by atoms with Crippen LogP contribution in [-0.4, -0.2) is 36.1 Å². The average molecular weight is 441 g/mol. The molecule has 0 unspecified atom stereocenters. The Morgan fingerprint density at radius 1 is 1.12 bits per heavy atom. The lowest BCUT2D eigenvalue weighted by atomic mass is 10.0. The predicted octanol–water partition coefficient (Wildman–Crippen LogP) is 5.03. The van der Waals surface area contributed by atoms with E-state index in [4.69, 9.17) is 4.74 Å². The summed E-state index contributed by atoms with van der Waals surface area (Å²) < 4.78 is 5.26. The van der Waals surface area contributed by atoms with E-state index in [2.05, 4.69) is 32.7 Å². The Hall–Kier alpha value is -3.80. The Morgan fingerprint density at radius 2 is 1.94 bits per heavy atom. The molecule has 1 amide bonds. The highest BCUT2D eigenvalue weighted by Gasteiger charge is 2.22. The lowest BCUT2D eigenvalue weighted by molar-refractivity contribution is 0.0954. The van der Waals surface area contributed by atoms with Crippen LogP contribution in [0.5, 0.6) is 5.75 Å². The highest BCUT2D eigenvalue weighted by molar-refractivity contribution is 6.00. The maximum absolute atomic E-state index is 13.2. The number of nitrogens with one attached hydrogen (secondary N) is 3. The zero-order valence-corrected chi connectivity index (χ0v) is 18.7. The molecule has 6 heteroatoms. The van der Waals surface area contributed by atoms with Gasteiger partial charge in [-0.3, -0.25) is 4.79 Å². The second-order valence-electron chi connectivity index (χ2n) is 8.54. The molecule has 6 nitrogen and oxygen atoms in total. The summed E-state index contributed by atoms with van der Waals surface area (Å²) in [7, 11) is 1.65. The number of aromatic nitrogens is 2. The number of aromatic amines is 1. The zero-order valence-electron chi connectivity index (χ0n) is 18.7. The zero-order chi connectivity index (χ0) is 22.6. The average Bonchev–Trinajstić information content (AvgIpc) is 3.61. The van der Waals surface area contributed by atoms with Crippen LogP contribution in [0.25, 0.3) is 22.0 Å². The van der Waals surface area contributed by atoms with Crippen LogP contribution in [0.3, 0.4) is 0 Å². The first-order valence-corrected chi connectivity index (χ1v) is 11.4. The minimum absolute atomic E-state index is 0.115. The highest BCUT2D eigenvalue weighted by atomic mass is 16.5. The molecule has 1 fully saturated rings. The van der Waals surface area contributed by atoms with Gasteiger partial charge in [0.15, 0.2) is 0 Å². The van der Waals surface area contributed by atoms with Gasteiger partial charge in [-0.2, -0.15) is 0 Å². The summed E-state index contributed by atoms with van der Waals surface area (Å²) in [6.07, 6.45) is 7.07. The first-order valence-electron chi connectivity index (χ1n) is 11.4. The molecule has 2 aromatic carbocycles. The fourth-order valence-electron chi connectivity index (χ4n) is 4.03. The summed E-state index contributed by atoms with van der Waals surface area (Å²) in [5.74, 6) is 2.01. The molecule has 168 valence electrons. The number of carbonyl (C=O) groups is 1. The summed E-state index contributed by atoms with van der Waals surface area (Å²) in [5.41, 5.74) is 4.77. The summed E-state index contributed by atoms with van der Waals surface area (Å²) in [4.78, 5) is 21.1. The van der Waals surface area contributed by atoms with E-state index in [0.29, 0.717) is 23.8 Å². The van der Waals surface area contributed by atoms with Crippen LogP contribution in [0.4, 0.5) is 5.82 Å². The second kappa shape index (κ2) is 9.36. The van der Waals surface area contributed by atoms with Gasteiger partial charge in [-0.15, -0.1) is 0 Å². The van der Waals surface area contributed by atoms with Crippen molar-refractivity contribution in [2.24, 2.45) is 5.92 Å². The Balaban J connectivity index is 1.33. The number of rotatable bonds is 9. The van der Waals surface area contributed by atoms with E-state index in [1.807, 2.05) is 54.9 Å². The van der Waals surface area contributed by atoms with E-state index < -0.39 is 0 Å². The summed E-state index contributed by atoms with van der Waals surface area (Å²) in [5, 5.41) is 7.67. The first kappa shape index (κ1) is 21.1. The van der Waals surface area contributed by atoms with Gasteiger partial charge in [0.2, 0.25) is 0 Å². The minimum atomic E-state index is -0.115. The number of anilines is 1. The van der Waals surface area contributed by atoms with Crippen LogP contribution in [0.2, 0.25) is 0 Å². The monoisotopic (exact) mass is 440 g/mol. The maximum atomic E-state index is 13.2. The van der Waals surface area contributed by atoms with E-state index in [9.17, 15) is 4.79 Å². The van der Waals surface area contributed by atoms with Crippen LogP contribution in [-0.2, 0) is 6.42 Å². The molecule has 0 aliphatic heterocycles. The summed E-state index contributed by atoms with van der Waals surface area (Å²) in [6, 6.07) is 17.9. The number of carbonyl (C=O) groups excluding carboxylic acids is 1. The van der Waals surface area contributed by atoms with Gasteiger partial charge in [0.1, 0.15) is 11.6 Å². The second-order valence-corrected chi connectivity index (χ2v) is 8.54. The molecule has 3 N–H and O–H groups in total. The molecular weight excluding hydrogens is 412 g/mol.